The van der Waals surface area contributed by atoms with Gasteiger partial charge in [-0.05, 0) is 5.75 Å². The second kappa shape index (κ2) is 9.88. The first-order valence-corrected chi connectivity index (χ1v) is 11.2. The second-order valence-corrected chi connectivity index (χ2v) is 8.81. The third kappa shape index (κ3) is 4.85. The molecule has 3 rings (SSSR count). The fourth-order valence-electron chi connectivity index (χ4n) is 3.06. The number of nitrogens with one attached hydrogen (secondary N) is 1. The van der Waals surface area contributed by atoms with E-state index >= 15 is 0 Å². The van der Waals surface area contributed by atoms with Gasteiger partial charge in [0.25, 0.3) is 11.8 Å². The molecular weight excluding hydrogens is 446 g/mol. The molecule has 164 valence electrons. The average molecular weight is 466 g/mol. The van der Waals surface area contributed by atoms with E-state index in [-0.39, 0.29) is 11.4 Å². The molecule has 10 nitrogen and oxygen atoms in total. The van der Waals surface area contributed by atoms with Crippen molar-refractivity contribution in [1.29, 1.82) is 0 Å². The molecule has 0 aromatic heterocycles. The van der Waals surface area contributed by atoms with Crippen LogP contribution >= 0.6 is 23.5 Å². The van der Waals surface area contributed by atoms with Crippen molar-refractivity contribution in [3.8, 4) is 0 Å². The Bertz CT molecular complexity index is 965. The largest absolute Gasteiger partial charge is 0.479 e. The van der Waals surface area contributed by atoms with E-state index in [0.717, 1.165) is 0 Å². The van der Waals surface area contributed by atoms with Crippen LogP contribution in [0.5, 0.6) is 0 Å². The molecule has 2 amide bonds. The Morgan fingerprint density at radius 1 is 1.29 bits per heavy atom. The lowest BCUT2D eigenvalue weighted by molar-refractivity contribution is -0.150. The maximum absolute atomic E-state index is 12.8. The van der Waals surface area contributed by atoms with E-state index in [0.29, 0.717) is 22.0 Å². The minimum Gasteiger partial charge on any atom is -0.479 e. The van der Waals surface area contributed by atoms with Gasteiger partial charge in [0.05, 0.1) is 0 Å². The second-order valence-electron chi connectivity index (χ2n) is 6.34. The zero-order chi connectivity index (χ0) is 22.5. The van der Waals surface area contributed by atoms with E-state index in [1.54, 1.807) is 30.3 Å². The topological polar surface area (TPSA) is 146 Å². The predicted octanol–water partition coefficient (Wildman–Crippen LogP) is 0.941. The summed E-state index contributed by atoms with van der Waals surface area (Å²) in [4.78, 5) is 54.5. The molecule has 0 saturated carbocycles. The third-order valence-corrected chi connectivity index (χ3v) is 6.78. The number of carbonyl (C=O) groups is 4. The quantitative estimate of drug-likeness (QED) is 0.275. The molecule has 2 atom stereocenters. The van der Waals surface area contributed by atoms with Crippen LogP contribution < -0.4 is 5.32 Å². The molecule has 12 heteroatoms. The molecule has 0 aliphatic carbocycles. The monoisotopic (exact) mass is 465 g/mol. The van der Waals surface area contributed by atoms with Crippen molar-refractivity contribution >= 4 is 53.0 Å². The number of oxime groups is 1. The molecule has 0 bridgehead atoms. The summed E-state index contributed by atoms with van der Waals surface area (Å²) in [6.07, 6.45) is 0. The van der Waals surface area contributed by atoms with Gasteiger partial charge in [-0.1, -0.05) is 42.4 Å². The summed E-state index contributed by atoms with van der Waals surface area (Å²) in [7, 11) is 0. The minimum absolute atomic E-state index is 0.0483. The molecule has 3 N–H and O–H groups in total. The van der Waals surface area contributed by atoms with Crippen LogP contribution in [0.1, 0.15) is 12.5 Å². The van der Waals surface area contributed by atoms with Crippen LogP contribution in [0.25, 0.3) is 0 Å². The van der Waals surface area contributed by atoms with Crippen LogP contribution in [0.3, 0.4) is 0 Å². The predicted molar refractivity (Wildman–Crippen MR) is 114 cm³/mol. The molecule has 31 heavy (non-hydrogen) atoms. The number of carboxylic acids is 2. The molecule has 1 unspecified atom stereocenters. The standard InChI is InChI=1S/C19H19N3O7S2/c1-2-30-11-9-31-18-14(17(26)22(18)15(11)19(27)28)20-16(25)13(21-29-8-12(23)24)10-6-4-3-5-7-10/h3-7,14,18H,2,8-9H2,1H3,(H,20,25)(H,23,24)(H,27,28)/b21-13+/t14?,18-/m1/s1. The fraction of sp³-hybridized carbons (Fsp3) is 0.316. The number of fused-ring (bicyclic) bond motifs is 1. The first-order chi connectivity index (χ1) is 14.8. The van der Waals surface area contributed by atoms with E-state index in [4.69, 9.17) is 9.94 Å². The van der Waals surface area contributed by atoms with Crippen molar-refractivity contribution in [3.05, 3.63) is 46.5 Å². The lowest BCUT2D eigenvalue weighted by atomic mass is 10.0. The van der Waals surface area contributed by atoms with Gasteiger partial charge in [-0.2, -0.15) is 0 Å². The number of hydrogen-bond acceptors (Lipinski definition) is 8. The Balaban J connectivity index is 1.79. The number of hydrogen-bond donors (Lipinski definition) is 3. The van der Waals surface area contributed by atoms with Crippen LogP contribution in [0.15, 0.2) is 46.1 Å². The average Bonchev–Trinajstić information content (AvgIpc) is 2.75. The summed E-state index contributed by atoms with van der Waals surface area (Å²) in [5.41, 5.74) is 0.135. The highest BCUT2D eigenvalue weighted by atomic mass is 32.2. The van der Waals surface area contributed by atoms with Crippen LogP contribution in [0, 0.1) is 0 Å². The molecule has 0 spiro atoms. The van der Waals surface area contributed by atoms with E-state index < -0.39 is 41.8 Å². The SMILES string of the molecule is CCSC1=C(C(=O)O)N2C(=O)C(NC(=O)/C(=N/OCC(=O)O)c3ccccc3)[C@H]2SC1. The zero-order valence-corrected chi connectivity index (χ0v) is 17.9. The Morgan fingerprint density at radius 2 is 2.00 bits per heavy atom. The number of carboxylic acid groups (broad SMARTS) is 2. The van der Waals surface area contributed by atoms with Crippen molar-refractivity contribution < 1.29 is 34.2 Å². The summed E-state index contributed by atoms with van der Waals surface area (Å²) in [6.45, 7) is 1.16. The number of β-lactam (4-membered cyclic amide) rings is 1. The maximum atomic E-state index is 12.8. The van der Waals surface area contributed by atoms with Gasteiger partial charge in [-0.15, -0.1) is 23.5 Å². The van der Waals surface area contributed by atoms with Crippen LogP contribution in [-0.2, 0) is 24.0 Å². The molecule has 2 aliphatic heterocycles. The molecule has 1 saturated heterocycles. The molecule has 0 radical (unpaired) electrons. The van der Waals surface area contributed by atoms with Crippen LogP contribution in [-0.4, -0.2) is 74.1 Å². The summed E-state index contributed by atoms with van der Waals surface area (Å²) in [6, 6.07) is 7.31. The number of benzene rings is 1. The Labute approximate surface area is 185 Å². The number of nitrogens with zero attached hydrogens (tertiary/aromatic N) is 2. The number of aliphatic carboxylic acids is 2. The first-order valence-electron chi connectivity index (χ1n) is 9.17. The van der Waals surface area contributed by atoms with Crippen LogP contribution in [0.4, 0.5) is 0 Å². The zero-order valence-electron chi connectivity index (χ0n) is 16.3. The summed E-state index contributed by atoms with van der Waals surface area (Å²) in [5.74, 6) is -2.61. The highest BCUT2D eigenvalue weighted by molar-refractivity contribution is 8.06. The number of amides is 2. The van der Waals surface area contributed by atoms with Gasteiger partial charge >= 0.3 is 11.9 Å². The van der Waals surface area contributed by atoms with Gasteiger partial charge in [-0.25, -0.2) is 9.59 Å². The normalized spacial score (nSPS) is 20.6. The Morgan fingerprint density at radius 3 is 2.61 bits per heavy atom. The van der Waals surface area contributed by atoms with Crippen molar-refractivity contribution in [2.24, 2.45) is 5.16 Å². The number of rotatable bonds is 9. The highest BCUT2D eigenvalue weighted by Crippen LogP contribution is 2.43. The number of carbonyl (C=O) groups excluding carboxylic acids is 2. The van der Waals surface area contributed by atoms with Gasteiger partial charge in [0.1, 0.15) is 17.1 Å². The van der Waals surface area contributed by atoms with Crippen molar-refractivity contribution in [1.82, 2.24) is 10.2 Å². The van der Waals surface area contributed by atoms with E-state index in [9.17, 15) is 24.3 Å². The van der Waals surface area contributed by atoms with E-state index in [1.807, 2.05) is 6.92 Å². The van der Waals surface area contributed by atoms with Gasteiger partial charge < -0.3 is 20.4 Å². The van der Waals surface area contributed by atoms with Crippen LogP contribution in [0.2, 0.25) is 0 Å². The van der Waals surface area contributed by atoms with E-state index in [1.165, 1.54) is 28.4 Å². The summed E-state index contributed by atoms with van der Waals surface area (Å²) >= 11 is 2.74. The fourth-order valence-corrected chi connectivity index (χ4v) is 5.46. The molecule has 2 aliphatic rings. The molecule has 1 aromatic rings. The Kier molecular flexibility index (Phi) is 7.23. The van der Waals surface area contributed by atoms with Gasteiger partial charge in [0, 0.05) is 16.2 Å². The molecule has 1 fully saturated rings. The summed E-state index contributed by atoms with van der Waals surface area (Å²) < 4.78 is 0. The molecule has 1 aromatic carbocycles. The smallest absolute Gasteiger partial charge is 0.353 e. The number of thioether (sulfide) groups is 2. The summed E-state index contributed by atoms with van der Waals surface area (Å²) in [5, 5.41) is 24.0. The van der Waals surface area contributed by atoms with Gasteiger partial charge in [0.15, 0.2) is 5.71 Å². The van der Waals surface area contributed by atoms with Crippen molar-refractivity contribution in [2.45, 2.75) is 18.3 Å². The minimum atomic E-state index is -1.26. The maximum Gasteiger partial charge on any atom is 0.353 e. The lowest BCUT2D eigenvalue weighted by Gasteiger charge is -2.49. The van der Waals surface area contributed by atoms with Crippen molar-refractivity contribution in [2.75, 3.05) is 18.1 Å². The van der Waals surface area contributed by atoms with Gasteiger partial charge in [-0.3, -0.25) is 14.5 Å². The highest BCUT2D eigenvalue weighted by Gasteiger charge is 2.54. The third-order valence-electron chi connectivity index (χ3n) is 4.35. The van der Waals surface area contributed by atoms with E-state index in [2.05, 4.69) is 10.5 Å². The lowest BCUT2D eigenvalue weighted by Crippen LogP contribution is -2.71. The Hall–Kier alpha value is -2.99. The molecular formula is C19H19N3O7S2. The van der Waals surface area contributed by atoms with Crippen molar-refractivity contribution in [3.63, 3.8) is 0 Å². The van der Waals surface area contributed by atoms with Gasteiger partial charge in [0.2, 0.25) is 6.61 Å². The molecule has 2 heterocycles. The first kappa shape index (κ1) is 22.7.